The van der Waals surface area contributed by atoms with Crippen LogP contribution in [0.15, 0.2) is 29.3 Å². The summed E-state index contributed by atoms with van der Waals surface area (Å²) in [4.78, 5) is 18.0. The lowest BCUT2D eigenvalue weighted by molar-refractivity contribution is 0.0363. The summed E-state index contributed by atoms with van der Waals surface area (Å²) in [7, 11) is 0. The molecule has 0 aromatic heterocycles. The summed E-state index contributed by atoms with van der Waals surface area (Å²) < 4.78 is 18.3. The number of anilines is 1. The molecule has 0 fully saturated rings. The van der Waals surface area contributed by atoms with Crippen LogP contribution < -0.4 is 5.32 Å². The molecule has 0 unspecified atom stereocenters. The van der Waals surface area contributed by atoms with Crippen LogP contribution in [0.4, 0.5) is 14.9 Å². The second kappa shape index (κ2) is 6.11. The van der Waals surface area contributed by atoms with Gasteiger partial charge in [-0.2, -0.15) is 0 Å². The first-order valence-electron chi connectivity index (χ1n) is 6.93. The number of hydrogen-bond acceptors (Lipinski definition) is 4. The summed E-state index contributed by atoms with van der Waals surface area (Å²) in [6.07, 6.45) is 0.351. The zero-order valence-corrected chi connectivity index (χ0v) is 12.5. The molecule has 2 rings (SSSR count). The number of carbonyl (C=O) groups excluding carboxylic acids is 1. The fourth-order valence-electron chi connectivity index (χ4n) is 1.87. The molecule has 1 aliphatic heterocycles. The molecule has 1 aliphatic rings. The Morgan fingerprint density at radius 3 is 2.62 bits per heavy atom. The van der Waals surface area contributed by atoms with E-state index in [0.29, 0.717) is 24.7 Å². The van der Waals surface area contributed by atoms with E-state index in [1.165, 1.54) is 17.0 Å². The molecule has 6 heteroatoms. The number of rotatable bonds is 1. The third-order valence-corrected chi connectivity index (χ3v) is 2.77. The number of amides is 1. The highest BCUT2D eigenvalue weighted by Crippen LogP contribution is 2.15. The number of hydrogen-bond donors (Lipinski definition) is 1. The Morgan fingerprint density at radius 2 is 2.00 bits per heavy atom. The maximum absolute atomic E-state index is 12.9. The van der Waals surface area contributed by atoms with E-state index in [-0.39, 0.29) is 5.82 Å². The van der Waals surface area contributed by atoms with Gasteiger partial charge in [-0.1, -0.05) is 0 Å². The van der Waals surface area contributed by atoms with E-state index in [1.807, 2.05) is 20.8 Å². The number of halogens is 1. The van der Waals surface area contributed by atoms with Gasteiger partial charge < -0.3 is 10.1 Å². The van der Waals surface area contributed by atoms with Gasteiger partial charge in [-0.05, 0) is 51.5 Å². The fourth-order valence-corrected chi connectivity index (χ4v) is 1.87. The first kappa shape index (κ1) is 15.3. The number of ether oxygens (including phenoxy) is 1. The molecule has 0 radical (unpaired) electrons. The maximum Gasteiger partial charge on any atom is 0.417 e. The van der Waals surface area contributed by atoms with Crippen LogP contribution in [0.3, 0.4) is 0 Å². The summed E-state index contributed by atoms with van der Waals surface area (Å²) >= 11 is 0. The number of aliphatic imine (C=N–C) groups is 1. The highest BCUT2D eigenvalue weighted by molar-refractivity contribution is 6.02. The van der Waals surface area contributed by atoms with Crippen molar-refractivity contribution < 1.29 is 13.9 Å². The summed E-state index contributed by atoms with van der Waals surface area (Å²) in [5.41, 5.74) is 0.112. The topological polar surface area (TPSA) is 53.9 Å². The highest BCUT2D eigenvalue weighted by Gasteiger charge is 2.27. The maximum atomic E-state index is 12.9. The minimum atomic E-state index is -0.560. The van der Waals surface area contributed by atoms with Crippen LogP contribution in [0.5, 0.6) is 0 Å². The van der Waals surface area contributed by atoms with Crippen LogP contribution in [-0.4, -0.2) is 35.6 Å². The molecule has 1 amide bonds. The minimum Gasteiger partial charge on any atom is -0.443 e. The van der Waals surface area contributed by atoms with Crippen molar-refractivity contribution >= 4 is 17.7 Å². The second-order valence-corrected chi connectivity index (χ2v) is 5.82. The van der Waals surface area contributed by atoms with Gasteiger partial charge in [0, 0.05) is 18.8 Å². The Labute approximate surface area is 123 Å². The Hall–Kier alpha value is -2.11. The van der Waals surface area contributed by atoms with Gasteiger partial charge in [-0.25, -0.2) is 14.1 Å². The van der Waals surface area contributed by atoms with Crippen LogP contribution in [0.25, 0.3) is 0 Å². The van der Waals surface area contributed by atoms with Crippen LogP contribution in [0, 0.1) is 5.82 Å². The van der Waals surface area contributed by atoms with E-state index in [4.69, 9.17) is 4.74 Å². The molecule has 1 heterocycles. The number of benzene rings is 1. The van der Waals surface area contributed by atoms with Gasteiger partial charge in [0.1, 0.15) is 11.4 Å². The molecule has 0 aliphatic carbocycles. The van der Waals surface area contributed by atoms with Crippen LogP contribution >= 0.6 is 0 Å². The average Bonchev–Trinajstić information content (AvgIpc) is 2.40. The van der Waals surface area contributed by atoms with Crippen molar-refractivity contribution in [1.29, 1.82) is 0 Å². The quantitative estimate of drug-likeness (QED) is 0.865. The summed E-state index contributed by atoms with van der Waals surface area (Å²) in [5, 5.41) is 3.03. The molecule has 1 aromatic rings. The van der Waals surface area contributed by atoms with E-state index >= 15 is 0 Å². The molecule has 0 atom stereocenters. The van der Waals surface area contributed by atoms with E-state index in [0.717, 1.165) is 6.42 Å². The van der Waals surface area contributed by atoms with Crippen molar-refractivity contribution in [3.05, 3.63) is 30.1 Å². The van der Waals surface area contributed by atoms with Crippen molar-refractivity contribution in [3.8, 4) is 0 Å². The Kier molecular flexibility index (Phi) is 4.45. The summed E-state index contributed by atoms with van der Waals surface area (Å²) in [6.45, 7) is 6.64. The minimum absolute atomic E-state index is 0.310. The number of nitrogens with zero attached hydrogens (tertiary/aromatic N) is 2. The SMILES string of the molecule is CC(C)(C)OC(=O)N1CCCN=C1Nc1ccc(F)cc1. The summed E-state index contributed by atoms with van der Waals surface area (Å²) in [5.74, 6) is 0.122. The van der Waals surface area contributed by atoms with Crippen LogP contribution in [-0.2, 0) is 4.74 Å². The second-order valence-electron chi connectivity index (χ2n) is 5.82. The zero-order chi connectivity index (χ0) is 15.5. The smallest absolute Gasteiger partial charge is 0.417 e. The van der Waals surface area contributed by atoms with Crippen LogP contribution in [0.2, 0.25) is 0 Å². The third-order valence-electron chi connectivity index (χ3n) is 2.77. The molecule has 1 aromatic carbocycles. The zero-order valence-electron chi connectivity index (χ0n) is 12.5. The molecule has 5 nitrogen and oxygen atoms in total. The van der Waals surface area contributed by atoms with Gasteiger partial charge >= 0.3 is 6.09 Å². The van der Waals surface area contributed by atoms with Gasteiger partial charge in [0.05, 0.1) is 0 Å². The molecular formula is C15H20FN3O2. The monoisotopic (exact) mass is 293 g/mol. The lowest BCUT2D eigenvalue weighted by atomic mass is 10.2. The van der Waals surface area contributed by atoms with Crippen molar-refractivity contribution in [2.45, 2.75) is 32.8 Å². The molecule has 0 saturated carbocycles. The molecule has 0 bridgehead atoms. The van der Waals surface area contributed by atoms with Gasteiger partial charge in [0.15, 0.2) is 0 Å². The molecule has 1 N–H and O–H groups in total. The fraction of sp³-hybridized carbons (Fsp3) is 0.467. The van der Waals surface area contributed by atoms with Gasteiger partial charge in [-0.15, -0.1) is 0 Å². The van der Waals surface area contributed by atoms with Crippen molar-refractivity contribution in [2.24, 2.45) is 4.99 Å². The molecular weight excluding hydrogens is 273 g/mol. The first-order chi connectivity index (χ1) is 9.85. The van der Waals surface area contributed by atoms with E-state index in [9.17, 15) is 9.18 Å². The molecule has 114 valence electrons. The predicted molar refractivity (Wildman–Crippen MR) is 79.9 cm³/mol. The number of guanidine groups is 1. The van der Waals surface area contributed by atoms with Gasteiger partial charge in [-0.3, -0.25) is 4.99 Å². The van der Waals surface area contributed by atoms with Crippen molar-refractivity contribution in [3.63, 3.8) is 0 Å². The van der Waals surface area contributed by atoms with Crippen molar-refractivity contribution in [2.75, 3.05) is 18.4 Å². The lowest BCUT2D eigenvalue weighted by Gasteiger charge is -2.30. The largest absolute Gasteiger partial charge is 0.443 e. The van der Waals surface area contributed by atoms with E-state index < -0.39 is 11.7 Å². The number of nitrogens with one attached hydrogen (secondary N) is 1. The molecule has 0 saturated heterocycles. The van der Waals surface area contributed by atoms with Crippen LogP contribution in [0.1, 0.15) is 27.2 Å². The Balaban J connectivity index is 2.10. The first-order valence-corrected chi connectivity index (χ1v) is 6.93. The predicted octanol–water partition coefficient (Wildman–Crippen LogP) is 3.23. The normalized spacial score (nSPS) is 15.4. The molecule has 21 heavy (non-hydrogen) atoms. The van der Waals surface area contributed by atoms with E-state index in [2.05, 4.69) is 10.3 Å². The highest BCUT2D eigenvalue weighted by atomic mass is 19.1. The van der Waals surface area contributed by atoms with Gasteiger partial charge in [0.25, 0.3) is 0 Å². The standard InChI is InChI=1S/C15H20FN3O2/c1-15(2,3)21-14(20)19-10-4-9-17-13(19)18-12-7-5-11(16)6-8-12/h5-8H,4,9-10H2,1-3H3,(H,17,18). The Morgan fingerprint density at radius 1 is 1.33 bits per heavy atom. The summed E-state index contributed by atoms with van der Waals surface area (Å²) in [6, 6.07) is 5.90. The van der Waals surface area contributed by atoms with Gasteiger partial charge in [0.2, 0.25) is 5.96 Å². The van der Waals surface area contributed by atoms with Crippen molar-refractivity contribution in [1.82, 2.24) is 4.90 Å². The molecule has 0 spiro atoms. The third kappa shape index (κ3) is 4.44. The number of carbonyl (C=O) groups is 1. The average molecular weight is 293 g/mol. The lowest BCUT2D eigenvalue weighted by Crippen LogP contribution is -2.46. The Bertz CT molecular complexity index is 535. The van der Waals surface area contributed by atoms with E-state index in [1.54, 1.807) is 12.1 Å².